The number of hydrogen-bond acceptors (Lipinski definition) is 2. The molecule has 0 unspecified atom stereocenters. The molecule has 0 aromatic heterocycles. The quantitative estimate of drug-likeness (QED) is 0.483. The van der Waals surface area contributed by atoms with Crippen LogP contribution >= 0.6 is 24.8 Å². The van der Waals surface area contributed by atoms with Crippen molar-refractivity contribution in [2.45, 2.75) is 31.2 Å². The summed E-state index contributed by atoms with van der Waals surface area (Å²) in [6.07, 6.45) is -7.21. The number of nitrogens with zero attached hydrogens (tertiary/aromatic N) is 1. The fraction of sp³-hybridized carbons (Fsp3) is 0.529. The van der Waals surface area contributed by atoms with Gasteiger partial charge >= 0.3 is 12.4 Å². The van der Waals surface area contributed by atoms with Crippen LogP contribution in [-0.4, -0.2) is 31.1 Å². The number of allylic oxidation sites excluding steroid dienone is 1. The topological polar surface area (TPSA) is 15.3 Å². The molecule has 1 N–H and O–H groups in total. The molecule has 2 rings (SSSR count). The van der Waals surface area contributed by atoms with Crippen molar-refractivity contribution in [2.75, 3.05) is 26.2 Å². The Hall–Kier alpha value is -0.960. The summed E-state index contributed by atoms with van der Waals surface area (Å²) in [6.45, 7) is 5.93. The summed E-state index contributed by atoms with van der Waals surface area (Å²) in [4.78, 5) is 1.89. The van der Waals surface area contributed by atoms with Gasteiger partial charge in [-0.15, -0.1) is 31.4 Å². The van der Waals surface area contributed by atoms with E-state index in [4.69, 9.17) is 0 Å². The van der Waals surface area contributed by atoms with Gasteiger partial charge in [-0.1, -0.05) is 12.1 Å². The first-order valence-corrected chi connectivity index (χ1v) is 7.98. The van der Waals surface area contributed by atoms with Crippen molar-refractivity contribution in [3.63, 3.8) is 0 Å². The normalized spacial score (nSPS) is 16.8. The minimum absolute atomic E-state index is 0. The van der Waals surface area contributed by atoms with E-state index in [1.165, 1.54) is 0 Å². The largest absolute Gasteiger partial charge is 0.416 e. The van der Waals surface area contributed by atoms with Crippen LogP contribution in [0.25, 0.3) is 0 Å². The molecule has 2 nitrogen and oxygen atoms in total. The highest BCUT2D eigenvalue weighted by atomic mass is 35.5. The summed E-state index contributed by atoms with van der Waals surface area (Å²) in [5, 5.41) is 3.12. The number of hydrogen-bond donors (Lipinski definition) is 1. The minimum Gasteiger partial charge on any atom is -0.314 e. The maximum absolute atomic E-state index is 13.4. The highest BCUT2D eigenvalue weighted by Gasteiger charge is 2.40. The lowest BCUT2D eigenvalue weighted by atomic mass is 9.92. The molecule has 1 saturated heterocycles. The van der Waals surface area contributed by atoms with Crippen LogP contribution < -0.4 is 5.32 Å². The zero-order chi connectivity index (χ0) is 18.7. The van der Waals surface area contributed by atoms with Crippen molar-refractivity contribution in [3.8, 4) is 0 Å². The first-order valence-electron chi connectivity index (χ1n) is 7.98. The second-order valence-corrected chi connectivity index (χ2v) is 5.97. The molecule has 0 bridgehead atoms. The standard InChI is InChI=1S/C17H20F6N2.2ClH/c1-2-3-4-15(25-9-7-24-8-10-25)13-6-5-12(16(18,19)20)11-14(13)17(21,22)23;;/h2,5-6,11,15,24H,1,3-4,7-10H2;2*1H/t15-;;/m1../s1. The molecule has 10 heteroatoms. The summed E-state index contributed by atoms with van der Waals surface area (Å²) in [6, 6.07) is 1.33. The first-order chi connectivity index (χ1) is 11.6. The molecule has 27 heavy (non-hydrogen) atoms. The van der Waals surface area contributed by atoms with Gasteiger partial charge in [0.1, 0.15) is 0 Å². The van der Waals surface area contributed by atoms with Gasteiger partial charge in [-0.2, -0.15) is 26.3 Å². The zero-order valence-corrected chi connectivity index (χ0v) is 16.0. The number of nitrogens with one attached hydrogen (secondary N) is 1. The van der Waals surface area contributed by atoms with Gasteiger partial charge < -0.3 is 5.32 Å². The number of halogens is 8. The summed E-state index contributed by atoms with van der Waals surface area (Å²) in [5.74, 6) is 0. The number of rotatable bonds is 5. The van der Waals surface area contributed by atoms with Gasteiger partial charge in [0.15, 0.2) is 0 Å². The lowest BCUT2D eigenvalue weighted by Gasteiger charge is -2.36. The minimum atomic E-state index is -4.85. The van der Waals surface area contributed by atoms with Crippen molar-refractivity contribution >= 4 is 24.8 Å². The van der Waals surface area contributed by atoms with Gasteiger partial charge in [0.25, 0.3) is 0 Å². The average molecular weight is 439 g/mol. The molecule has 156 valence electrons. The average Bonchev–Trinajstić information content (AvgIpc) is 2.54. The van der Waals surface area contributed by atoms with E-state index in [9.17, 15) is 26.3 Å². The van der Waals surface area contributed by atoms with Gasteiger partial charge in [-0.3, -0.25) is 4.90 Å². The Morgan fingerprint density at radius 1 is 1.04 bits per heavy atom. The van der Waals surface area contributed by atoms with Crippen molar-refractivity contribution in [1.29, 1.82) is 0 Å². The second kappa shape index (κ2) is 10.5. The summed E-state index contributed by atoms with van der Waals surface area (Å²) >= 11 is 0. The predicted octanol–water partition coefficient (Wildman–Crippen LogP) is 5.48. The Bertz CT molecular complexity index is 598. The predicted molar refractivity (Wildman–Crippen MR) is 97.6 cm³/mol. The van der Waals surface area contributed by atoms with Gasteiger partial charge in [0, 0.05) is 32.2 Å². The molecule has 0 aliphatic carbocycles. The molecule has 1 aromatic rings. The smallest absolute Gasteiger partial charge is 0.314 e. The Morgan fingerprint density at radius 3 is 2.11 bits per heavy atom. The molecule has 1 aliphatic heterocycles. The number of alkyl halides is 6. The van der Waals surface area contributed by atoms with Crippen molar-refractivity contribution in [1.82, 2.24) is 10.2 Å². The number of benzene rings is 1. The van der Waals surface area contributed by atoms with E-state index in [1.807, 2.05) is 4.90 Å². The summed E-state index contributed by atoms with van der Waals surface area (Å²) in [5.41, 5.74) is -2.61. The van der Waals surface area contributed by atoms with Crippen LogP contribution in [0.4, 0.5) is 26.3 Å². The van der Waals surface area contributed by atoms with E-state index in [0.29, 0.717) is 39.0 Å². The molecule has 0 amide bonds. The Morgan fingerprint density at radius 2 is 1.63 bits per heavy atom. The number of piperazine rings is 1. The molecule has 1 aromatic carbocycles. The van der Waals surface area contributed by atoms with Crippen LogP contribution in [0.5, 0.6) is 0 Å². The van der Waals surface area contributed by atoms with E-state index in [-0.39, 0.29) is 36.4 Å². The Balaban J connectivity index is 0.00000338. The Kier molecular flexibility index (Phi) is 10.2. The highest BCUT2D eigenvalue weighted by Crippen LogP contribution is 2.41. The van der Waals surface area contributed by atoms with E-state index < -0.39 is 29.5 Å². The van der Waals surface area contributed by atoms with Crippen LogP contribution in [0.15, 0.2) is 30.9 Å². The third kappa shape index (κ3) is 6.85. The zero-order valence-electron chi connectivity index (χ0n) is 14.4. The van der Waals surface area contributed by atoms with Crippen LogP contribution in [0, 0.1) is 0 Å². The third-order valence-electron chi connectivity index (χ3n) is 4.28. The molecule has 1 fully saturated rings. The molecule has 0 saturated carbocycles. The van der Waals surface area contributed by atoms with E-state index in [2.05, 4.69) is 11.9 Å². The van der Waals surface area contributed by atoms with Gasteiger partial charge in [0.05, 0.1) is 11.1 Å². The maximum Gasteiger partial charge on any atom is 0.416 e. The van der Waals surface area contributed by atoms with Crippen molar-refractivity contribution in [2.24, 2.45) is 0 Å². The molecule has 1 aliphatic rings. The fourth-order valence-electron chi connectivity index (χ4n) is 3.07. The van der Waals surface area contributed by atoms with Crippen LogP contribution in [0.1, 0.15) is 35.6 Å². The molecule has 1 heterocycles. The summed E-state index contributed by atoms with van der Waals surface area (Å²) < 4.78 is 78.9. The molecular formula is C17H22Cl2F6N2. The van der Waals surface area contributed by atoms with E-state index in [0.717, 1.165) is 12.1 Å². The van der Waals surface area contributed by atoms with E-state index >= 15 is 0 Å². The maximum atomic E-state index is 13.4. The molecule has 0 radical (unpaired) electrons. The second-order valence-electron chi connectivity index (χ2n) is 5.97. The lowest BCUT2D eigenvalue weighted by molar-refractivity contribution is -0.143. The monoisotopic (exact) mass is 438 g/mol. The highest BCUT2D eigenvalue weighted by molar-refractivity contribution is 5.85. The van der Waals surface area contributed by atoms with Gasteiger partial charge in [-0.05, 0) is 30.5 Å². The van der Waals surface area contributed by atoms with Crippen LogP contribution in [0.2, 0.25) is 0 Å². The SMILES string of the molecule is C=CCC[C@H](c1ccc(C(F)(F)F)cc1C(F)(F)F)N1CCNCC1.Cl.Cl. The van der Waals surface area contributed by atoms with E-state index in [1.54, 1.807) is 6.08 Å². The van der Waals surface area contributed by atoms with Crippen molar-refractivity contribution < 1.29 is 26.3 Å². The Labute approximate surface area is 166 Å². The molecule has 0 spiro atoms. The van der Waals surface area contributed by atoms with Gasteiger partial charge in [-0.25, -0.2) is 0 Å². The lowest BCUT2D eigenvalue weighted by Crippen LogP contribution is -2.45. The third-order valence-corrected chi connectivity index (χ3v) is 4.28. The van der Waals surface area contributed by atoms with Gasteiger partial charge in [0.2, 0.25) is 0 Å². The molecule has 1 atom stereocenters. The first kappa shape index (κ1) is 26.0. The molecular weight excluding hydrogens is 417 g/mol. The summed E-state index contributed by atoms with van der Waals surface area (Å²) in [7, 11) is 0. The fourth-order valence-corrected chi connectivity index (χ4v) is 3.07. The van der Waals surface area contributed by atoms with Crippen LogP contribution in [0.3, 0.4) is 0 Å². The van der Waals surface area contributed by atoms with Crippen LogP contribution in [-0.2, 0) is 12.4 Å². The van der Waals surface area contributed by atoms with Crippen molar-refractivity contribution in [3.05, 3.63) is 47.5 Å².